The van der Waals surface area contributed by atoms with Crippen LogP contribution in [0.15, 0.2) is 98.0 Å². The SMILES string of the molecule is O=C(Nc1cc(S(=O)(=O)O)cc2cc(S(=O)(=O)O)c(N=Nc3cc(Nc4ncnc(Cl)n4)ccc3S(=O)(=O)O)c(O)c12)c1ccccc1. The van der Waals surface area contributed by atoms with E-state index in [4.69, 9.17) is 11.6 Å². The summed E-state index contributed by atoms with van der Waals surface area (Å²) in [6.45, 7) is 0. The number of hydrogen-bond donors (Lipinski definition) is 6. The molecule has 0 aliphatic rings. The quantitative estimate of drug-likeness (QED) is 0.0895. The Morgan fingerprint density at radius 2 is 1.48 bits per heavy atom. The second kappa shape index (κ2) is 12.8. The van der Waals surface area contributed by atoms with Crippen molar-refractivity contribution in [3.63, 3.8) is 0 Å². The van der Waals surface area contributed by atoms with E-state index in [1.165, 1.54) is 30.3 Å². The number of phenolic OH excluding ortho intramolecular Hbond substituents is 1. The first kappa shape index (κ1) is 34.2. The van der Waals surface area contributed by atoms with Crippen LogP contribution in [-0.4, -0.2) is 64.9 Å². The summed E-state index contributed by atoms with van der Waals surface area (Å²) in [5.41, 5.74) is -1.93. The largest absolute Gasteiger partial charge is 0.505 e. The number of carbonyl (C=O) groups is 1. The maximum Gasteiger partial charge on any atom is 0.296 e. The number of hydrogen-bond acceptors (Lipinski definition) is 14. The average Bonchev–Trinajstić information content (AvgIpc) is 2.99. The number of benzene rings is 4. The minimum absolute atomic E-state index is 0.0556. The summed E-state index contributed by atoms with van der Waals surface area (Å²) >= 11 is 5.75. The number of aromatic hydroxyl groups is 1. The molecular weight excluding hydrogens is 718 g/mol. The predicted octanol–water partition coefficient (Wildman–Crippen LogP) is 4.54. The number of amides is 1. The Kier molecular flexibility index (Phi) is 9.11. The van der Waals surface area contributed by atoms with Gasteiger partial charge in [-0.2, -0.15) is 30.2 Å². The van der Waals surface area contributed by atoms with E-state index < -0.39 is 84.5 Å². The Labute approximate surface area is 275 Å². The lowest BCUT2D eigenvalue weighted by Crippen LogP contribution is -2.13. The van der Waals surface area contributed by atoms with Crippen molar-refractivity contribution in [2.75, 3.05) is 10.6 Å². The van der Waals surface area contributed by atoms with E-state index >= 15 is 0 Å². The van der Waals surface area contributed by atoms with E-state index in [0.717, 1.165) is 30.6 Å². The molecule has 0 fully saturated rings. The summed E-state index contributed by atoms with van der Waals surface area (Å²) in [6.07, 6.45) is 1.07. The molecule has 0 aliphatic carbocycles. The molecule has 22 heteroatoms. The van der Waals surface area contributed by atoms with Crippen LogP contribution in [0.5, 0.6) is 5.75 Å². The summed E-state index contributed by atoms with van der Waals surface area (Å²) in [5, 5.41) is 22.7. The van der Waals surface area contributed by atoms with E-state index in [9.17, 15) is 48.8 Å². The van der Waals surface area contributed by atoms with E-state index in [2.05, 4.69) is 35.8 Å². The third-order valence-electron chi connectivity index (χ3n) is 6.28. The van der Waals surface area contributed by atoms with Gasteiger partial charge >= 0.3 is 0 Å². The summed E-state index contributed by atoms with van der Waals surface area (Å²) in [7, 11) is -15.3. The molecule has 5 aromatic rings. The normalized spacial score (nSPS) is 12.3. The fourth-order valence-electron chi connectivity index (χ4n) is 4.25. The van der Waals surface area contributed by atoms with Crippen molar-refractivity contribution in [2.24, 2.45) is 10.2 Å². The number of fused-ring (bicyclic) bond motifs is 1. The Balaban J connectivity index is 1.73. The van der Waals surface area contributed by atoms with Gasteiger partial charge in [-0.1, -0.05) is 18.2 Å². The van der Waals surface area contributed by atoms with Gasteiger partial charge in [-0.15, -0.1) is 10.2 Å². The third kappa shape index (κ3) is 7.52. The maximum absolute atomic E-state index is 13.0. The highest BCUT2D eigenvalue weighted by molar-refractivity contribution is 7.86. The Hall–Kier alpha value is -5.16. The van der Waals surface area contributed by atoms with Crippen molar-refractivity contribution in [2.45, 2.75) is 14.7 Å². The smallest absolute Gasteiger partial charge is 0.296 e. The van der Waals surface area contributed by atoms with E-state index in [1.54, 1.807) is 6.07 Å². The molecule has 0 spiro atoms. The number of halogens is 1. The van der Waals surface area contributed by atoms with E-state index in [-0.39, 0.29) is 22.5 Å². The van der Waals surface area contributed by atoms with Gasteiger partial charge in [-0.05, 0) is 65.5 Å². The summed E-state index contributed by atoms with van der Waals surface area (Å²) in [4.78, 5) is 21.4. The molecule has 0 saturated heterocycles. The van der Waals surface area contributed by atoms with Gasteiger partial charge in [0, 0.05) is 16.6 Å². The minimum atomic E-state index is -5.30. The molecule has 248 valence electrons. The number of rotatable bonds is 9. The van der Waals surface area contributed by atoms with Crippen LogP contribution in [0.4, 0.5) is 28.7 Å². The number of nitrogens with zero attached hydrogens (tertiary/aromatic N) is 5. The molecule has 1 heterocycles. The molecule has 0 saturated carbocycles. The standard InChI is InChI=1S/C26H18ClN7O11S3/c27-25-28-12-29-26(32-25)30-15-6-7-19(47(40,41)42)17(10-15)33-34-22-20(48(43,44)45)9-14-8-16(46(37,38)39)11-18(21(14)23(22)35)31-24(36)13-4-2-1-3-5-13/h1-12,35H,(H,31,36)(H,37,38,39)(H,40,41,42)(H,43,44,45)(H,28,29,30,32). The molecule has 5 rings (SSSR count). The molecule has 0 bridgehead atoms. The molecule has 0 radical (unpaired) electrons. The first-order valence-electron chi connectivity index (χ1n) is 12.7. The highest BCUT2D eigenvalue weighted by Crippen LogP contribution is 2.45. The van der Waals surface area contributed by atoms with Crippen LogP contribution in [-0.2, 0) is 30.4 Å². The number of azo groups is 1. The average molecular weight is 736 g/mol. The zero-order valence-electron chi connectivity index (χ0n) is 23.4. The number of phenols is 1. The van der Waals surface area contributed by atoms with Crippen LogP contribution < -0.4 is 10.6 Å². The fraction of sp³-hybridized carbons (Fsp3) is 0. The zero-order chi connectivity index (χ0) is 35.0. The van der Waals surface area contributed by atoms with Gasteiger partial charge in [0.05, 0.1) is 10.6 Å². The Morgan fingerprint density at radius 3 is 2.10 bits per heavy atom. The van der Waals surface area contributed by atoms with Gasteiger partial charge in [-0.25, -0.2) is 9.97 Å². The van der Waals surface area contributed by atoms with Crippen LogP contribution >= 0.6 is 11.6 Å². The Morgan fingerprint density at radius 1 is 0.792 bits per heavy atom. The number of carbonyl (C=O) groups excluding carboxylic acids is 1. The van der Waals surface area contributed by atoms with Crippen LogP contribution in [0, 0.1) is 0 Å². The van der Waals surface area contributed by atoms with Crippen LogP contribution in [0.3, 0.4) is 0 Å². The summed E-state index contributed by atoms with van der Waals surface area (Å²) < 4.78 is 103. The van der Waals surface area contributed by atoms with Crippen molar-refractivity contribution < 1.29 is 48.8 Å². The second-order valence-corrected chi connectivity index (χ2v) is 14.0. The monoisotopic (exact) mass is 735 g/mol. The molecule has 4 aromatic carbocycles. The molecule has 1 aromatic heterocycles. The topological polar surface area (TPSA) is 288 Å². The van der Waals surface area contributed by atoms with Gasteiger partial charge < -0.3 is 15.7 Å². The number of anilines is 3. The van der Waals surface area contributed by atoms with Gasteiger partial charge in [0.1, 0.15) is 27.5 Å². The third-order valence-corrected chi connectivity index (χ3v) is 9.06. The lowest BCUT2D eigenvalue weighted by atomic mass is 10.1. The van der Waals surface area contributed by atoms with Gasteiger partial charge in [0.15, 0.2) is 5.75 Å². The maximum atomic E-state index is 13.0. The molecule has 48 heavy (non-hydrogen) atoms. The minimum Gasteiger partial charge on any atom is -0.505 e. The number of nitrogens with one attached hydrogen (secondary N) is 2. The van der Waals surface area contributed by atoms with Crippen LogP contribution in [0.2, 0.25) is 5.28 Å². The van der Waals surface area contributed by atoms with E-state index in [1.807, 2.05) is 0 Å². The molecule has 18 nitrogen and oxygen atoms in total. The van der Waals surface area contributed by atoms with Crippen LogP contribution in [0.25, 0.3) is 10.8 Å². The molecule has 0 aliphatic heterocycles. The van der Waals surface area contributed by atoms with Gasteiger partial charge in [0.25, 0.3) is 36.3 Å². The van der Waals surface area contributed by atoms with Crippen molar-refractivity contribution in [1.29, 1.82) is 0 Å². The molecule has 6 N–H and O–H groups in total. The molecular formula is C26H18ClN7O11S3. The highest BCUT2D eigenvalue weighted by Gasteiger charge is 2.26. The van der Waals surface area contributed by atoms with Gasteiger partial charge in [0.2, 0.25) is 11.2 Å². The second-order valence-electron chi connectivity index (χ2n) is 9.47. The molecule has 0 atom stereocenters. The van der Waals surface area contributed by atoms with Crippen molar-refractivity contribution in [1.82, 2.24) is 15.0 Å². The first-order chi connectivity index (χ1) is 22.4. The van der Waals surface area contributed by atoms with Crippen LogP contribution in [0.1, 0.15) is 10.4 Å². The molecule has 1 amide bonds. The lowest BCUT2D eigenvalue weighted by molar-refractivity contribution is 0.102. The van der Waals surface area contributed by atoms with Gasteiger partial charge in [-0.3, -0.25) is 18.5 Å². The highest BCUT2D eigenvalue weighted by atomic mass is 35.5. The Bertz CT molecular complexity index is 2480. The zero-order valence-corrected chi connectivity index (χ0v) is 26.6. The fourth-order valence-corrected chi connectivity index (χ4v) is 6.17. The van der Waals surface area contributed by atoms with Crippen molar-refractivity contribution >= 4 is 87.3 Å². The number of aromatic nitrogens is 3. The lowest BCUT2D eigenvalue weighted by Gasteiger charge is -2.15. The summed E-state index contributed by atoms with van der Waals surface area (Å²) in [6, 6.07) is 12.8. The van der Waals surface area contributed by atoms with Crippen molar-refractivity contribution in [3.8, 4) is 5.75 Å². The van der Waals surface area contributed by atoms with E-state index in [0.29, 0.717) is 6.07 Å². The van der Waals surface area contributed by atoms with Crippen molar-refractivity contribution in [3.05, 3.63) is 83.9 Å². The predicted molar refractivity (Wildman–Crippen MR) is 168 cm³/mol. The first-order valence-corrected chi connectivity index (χ1v) is 17.4. The molecule has 0 unspecified atom stereocenters. The summed E-state index contributed by atoms with van der Waals surface area (Å²) in [5.74, 6) is -1.99.